The van der Waals surface area contributed by atoms with Crippen LogP contribution in [0.25, 0.3) is 0 Å². The standard InChI is InChI=1S/C17H18BrN3O4S.C2H2O4/c18-15-6-2-1-5-14(15)13-19-9-11-20(12-10-19)26(24,25)17-8-4-3-7-16(17)21(22)23;3-1(4)2(5)6/h1-8H,9-13H2;(H,3,4)(H,5,6). The first-order valence-corrected chi connectivity index (χ1v) is 11.4. The lowest BCUT2D eigenvalue weighted by molar-refractivity contribution is -0.387. The molecule has 2 aromatic carbocycles. The first-order chi connectivity index (χ1) is 15.0. The Morgan fingerprint density at radius 3 is 2.03 bits per heavy atom. The van der Waals surface area contributed by atoms with Gasteiger partial charge in [0.05, 0.1) is 4.92 Å². The maximum atomic E-state index is 12.8. The topological polar surface area (TPSA) is 158 Å². The first-order valence-electron chi connectivity index (χ1n) is 9.19. The van der Waals surface area contributed by atoms with Gasteiger partial charge < -0.3 is 10.2 Å². The van der Waals surface area contributed by atoms with E-state index in [-0.39, 0.29) is 10.6 Å². The van der Waals surface area contributed by atoms with E-state index in [0.29, 0.717) is 26.2 Å². The highest BCUT2D eigenvalue weighted by atomic mass is 79.9. The summed E-state index contributed by atoms with van der Waals surface area (Å²) >= 11 is 3.52. The van der Waals surface area contributed by atoms with Crippen molar-refractivity contribution in [1.82, 2.24) is 9.21 Å². The van der Waals surface area contributed by atoms with E-state index in [9.17, 15) is 18.5 Å². The number of sulfonamides is 1. The van der Waals surface area contributed by atoms with Crippen LogP contribution in [-0.4, -0.2) is 70.9 Å². The van der Waals surface area contributed by atoms with Crippen LogP contribution in [0.2, 0.25) is 0 Å². The van der Waals surface area contributed by atoms with E-state index < -0.39 is 26.9 Å². The van der Waals surface area contributed by atoms with Gasteiger partial charge in [0, 0.05) is 43.3 Å². The predicted octanol–water partition coefficient (Wildman–Crippen LogP) is 2.02. The summed E-state index contributed by atoms with van der Waals surface area (Å²) in [5.41, 5.74) is 0.755. The molecule has 2 aromatic rings. The van der Waals surface area contributed by atoms with E-state index >= 15 is 0 Å². The molecule has 0 amide bonds. The zero-order valence-corrected chi connectivity index (χ0v) is 19.0. The number of nitro benzene ring substituents is 1. The quantitative estimate of drug-likeness (QED) is 0.335. The van der Waals surface area contributed by atoms with E-state index in [1.54, 1.807) is 0 Å². The number of piperazine rings is 1. The minimum atomic E-state index is -3.89. The van der Waals surface area contributed by atoms with Crippen molar-refractivity contribution in [3.8, 4) is 0 Å². The molecule has 1 fully saturated rings. The SMILES string of the molecule is O=C(O)C(=O)O.O=[N+]([O-])c1ccccc1S(=O)(=O)N1CCN(Cc2ccccc2Br)CC1. The third-order valence-corrected chi connectivity index (χ3v) is 7.27. The van der Waals surface area contributed by atoms with Crippen LogP contribution in [-0.2, 0) is 26.2 Å². The predicted molar refractivity (Wildman–Crippen MR) is 117 cm³/mol. The van der Waals surface area contributed by atoms with Gasteiger partial charge in [-0.25, -0.2) is 18.0 Å². The summed E-state index contributed by atoms with van der Waals surface area (Å²) in [5.74, 6) is -3.65. The van der Waals surface area contributed by atoms with Gasteiger partial charge >= 0.3 is 11.9 Å². The molecule has 0 aromatic heterocycles. The average molecular weight is 530 g/mol. The van der Waals surface area contributed by atoms with Crippen LogP contribution >= 0.6 is 15.9 Å². The molecule has 0 saturated carbocycles. The molecule has 172 valence electrons. The molecular formula is C19H20BrN3O8S. The minimum Gasteiger partial charge on any atom is -0.473 e. The van der Waals surface area contributed by atoms with Crippen molar-refractivity contribution in [1.29, 1.82) is 0 Å². The maximum absolute atomic E-state index is 12.8. The van der Waals surface area contributed by atoms with Crippen LogP contribution in [0.4, 0.5) is 5.69 Å². The largest absolute Gasteiger partial charge is 0.473 e. The summed E-state index contributed by atoms with van der Waals surface area (Å²) < 4.78 is 28.0. The molecule has 1 aliphatic rings. The Balaban J connectivity index is 0.000000534. The number of hydrogen-bond donors (Lipinski definition) is 2. The molecule has 1 aliphatic heterocycles. The number of nitro groups is 1. The second-order valence-electron chi connectivity index (χ2n) is 6.61. The van der Waals surface area contributed by atoms with Crippen LogP contribution in [0.5, 0.6) is 0 Å². The highest BCUT2D eigenvalue weighted by Crippen LogP contribution is 2.27. The van der Waals surface area contributed by atoms with E-state index in [4.69, 9.17) is 19.8 Å². The van der Waals surface area contributed by atoms with Crippen molar-refractivity contribution in [2.45, 2.75) is 11.4 Å². The highest BCUT2D eigenvalue weighted by Gasteiger charge is 2.33. The molecular weight excluding hydrogens is 510 g/mol. The fraction of sp³-hybridized carbons (Fsp3) is 0.263. The van der Waals surface area contributed by atoms with Gasteiger partial charge in [-0.15, -0.1) is 0 Å². The Kier molecular flexibility index (Phi) is 8.83. The molecule has 0 unspecified atom stereocenters. The van der Waals surface area contributed by atoms with Gasteiger partial charge in [0.25, 0.3) is 5.69 Å². The molecule has 1 heterocycles. The number of halogens is 1. The summed E-state index contributed by atoms with van der Waals surface area (Å²) in [6.07, 6.45) is 0. The zero-order chi connectivity index (χ0) is 23.9. The molecule has 32 heavy (non-hydrogen) atoms. The van der Waals surface area contributed by atoms with Crippen molar-refractivity contribution in [3.63, 3.8) is 0 Å². The summed E-state index contributed by atoms with van der Waals surface area (Å²) in [6, 6.07) is 13.4. The summed E-state index contributed by atoms with van der Waals surface area (Å²) in [7, 11) is -3.89. The molecule has 0 spiro atoms. The number of carboxylic acids is 2. The van der Waals surface area contributed by atoms with Crippen molar-refractivity contribution >= 4 is 43.6 Å². The van der Waals surface area contributed by atoms with E-state index in [2.05, 4.69) is 20.8 Å². The van der Waals surface area contributed by atoms with Crippen molar-refractivity contribution in [3.05, 3.63) is 68.7 Å². The fourth-order valence-corrected chi connectivity index (χ4v) is 4.95. The van der Waals surface area contributed by atoms with Gasteiger partial charge in [0.1, 0.15) is 0 Å². The van der Waals surface area contributed by atoms with Gasteiger partial charge in [-0.2, -0.15) is 4.31 Å². The monoisotopic (exact) mass is 529 g/mol. The zero-order valence-electron chi connectivity index (χ0n) is 16.6. The number of carbonyl (C=O) groups is 2. The number of aliphatic carboxylic acids is 2. The highest BCUT2D eigenvalue weighted by molar-refractivity contribution is 9.10. The number of hydrogen-bond acceptors (Lipinski definition) is 7. The van der Waals surface area contributed by atoms with Gasteiger partial charge in [-0.1, -0.05) is 46.3 Å². The number of carboxylic acid groups (broad SMARTS) is 2. The minimum absolute atomic E-state index is 0.246. The van der Waals surface area contributed by atoms with Crippen LogP contribution in [0.1, 0.15) is 5.56 Å². The second-order valence-corrected chi connectivity index (χ2v) is 9.37. The first kappa shape index (κ1) is 25.4. The molecule has 3 rings (SSSR count). The van der Waals surface area contributed by atoms with Crippen molar-refractivity contribution in [2.24, 2.45) is 0 Å². The molecule has 1 saturated heterocycles. The third kappa shape index (κ3) is 6.56. The number of benzene rings is 2. The summed E-state index contributed by atoms with van der Waals surface area (Å²) in [5, 5.41) is 25.9. The van der Waals surface area contributed by atoms with Gasteiger partial charge in [-0.3, -0.25) is 15.0 Å². The molecule has 13 heteroatoms. The smallest absolute Gasteiger partial charge is 0.414 e. The Morgan fingerprint density at radius 1 is 0.969 bits per heavy atom. The summed E-state index contributed by atoms with van der Waals surface area (Å²) in [4.78, 5) is 30.6. The third-order valence-electron chi connectivity index (χ3n) is 4.55. The molecule has 0 radical (unpaired) electrons. The van der Waals surface area contributed by atoms with E-state index in [0.717, 1.165) is 16.6 Å². The normalized spacial score (nSPS) is 14.8. The summed E-state index contributed by atoms with van der Waals surface area (Å²) in [6.45, 7) is 2.47. The Bertz CT molecular complexity index is 1090. The van der Waals surface area contributed by atoms with Crippen LogP contribution in [0.3, 0.4) is 0 Å². The fourth-order valence-electron chi connectivity index (χ4n) is 2.96. The van der Waals surface area contributed by atoms with Crippen molar-refractivity contribution < 1.29 is 33.1 Å². The average Bonchev–Trinajstić information content (AvgIpc) is 2.76. The molecule has 11 nitrogen and oxygen atoms in total. The lowest BCUT2D eigenvalue weighted by Crippen LogP contribution is -2.48. The lowest BCUT2D eigenvalue weighted by atomic mass is 10.2. The van der Waals surface area contributed by atoms with Crippen LogP contribution in [0, 0.1) is 10.1 Å². The van der Waals surface area contributed by atoms with Crippen LogP contribution in [0.15, 0.2) is 57.9 Å². The van der Waals surface area contributed by atoms with Crippen molar-refractivity contribution in [2.75, 3.05) is 26.2 Å². The molecule has 0 bridgehead atoms. The Morgan fingerprint density at radius 2 is 1.50 bits per heavy atom. The Labute approximate surface area is 192 Å². The van der Waals surface area contributed by atoms with Crippen LogP contribution < -0.4 is 0 Å². The number of rotatable bonds is 5. The number of nitrogens with zero attached hydrogens (tertiary/aromatic N) is 3. The molecule has 2 N–H and O–H groups in total. The van der Waals surface area contributed by atoms with Gasteiger partial charge in [0.15, 0.2) is 4.90 Å². The lowest BCUT2D eigenvalue weighted by Gasteiger charge is -2.34. The molecule has 0 atom stereocenters. The van der Waals surface area contributed by atoms with Gasteiger partial charge in [0.2, 0.25) is 10.0 Å². The maximum Gasteiger partial charge on any atom is 0.414 e. The van der Waals surface area contributed by atoms with E-state index in [1.165, 1.54) is 28.6 Å². The second kappa shape index (κ2) is 11.1. The Hall–Kier alpha value is -2.87. The molecule has 0 aliphatic carbocycles. The van der Waals surface area contributed by atoms with Gasteiger partial charge in [-0.05, 0) is 17.7 Å². The number of para-hydroxylation sites is 1. The van der Waals surface area contributed by atoms with E-state index in [1.807, 2.05) is 24.3 Å².